The zero-order valence-corrected chi connectivity index (χ0v) is 10.5. The highest BCUT2D eigenvalue weighted by atomic mass is 16.5. The molecular weight excluding hydrogens is 202 g/mol. The molecule has 0 aliphatic rings. The highest BCUT2D eigenvalue weighted by molar-refractivity contribution is 5.46. The zero-order valence-electron chi connectivity index (χ0n) is 10.5. The Morgan fingerprint density at radius 2 is 1.75 bits per heavy atom. The first kappa shape index (κ1) is 12.8. The summed E-state index contributed by atoms with van der Waals surface area (Å²) in [6.07, 6.45) is 1.11. The summed E-state index contributed by atoms with van der Waals surface area (Å²) in [6, 6.07) is 6.09. The van der Waals surface area contributed by atoms with Crippen molar-refractivity contribution in [3.63, 3.8) is 0 Å². The van der Waals surface area contributed by atoms with E-state index in [-0.39, 0.29) is 6.04 Å². The van der Waals surface area contributed by atoms with E-state index >= 15 is 0 Å². The van der Waals surface area contributed by atoms with E-state index in [1.54, 1.807) is 14.2 Å². The SMILES string of the molecule is CCCNC(C)c1c(OC)cccc1OC. The smallest absolute Gasteiger partial charge is 0.127 e. The molecular formula is C13H21NO2. The summed E-state index contributed by atoms with van der Waals surface area (Å²) in [6.45, 7) is 5.26. The predicted octanol–water partition coefficient (Wildman–Crippen LogP) is 2.76. The molecule has 0 bridgehead atoms. The minimum Gasteiger partial charge on any atom is -0.496 e. The van der Waals surface area contributed by atoms with E-state index in [2.05, 4.69) is 19.2 Å². The molecule has 16 heavy (non-hydrogen) atoms. The van der Waals surface area contributed by atoms with E-state index in [1.807, 2.05) is 18.2 Å². The largest absolute Gasteiger partial charge is 0.496 e. The summed E-state index contributed by atoms with van der Waals surface area (Å²) in [5.74, 6) is 1.74. The van der Waals surface area contributed by atoms with Gasteiger partial charge in [-0.1, -0.05) is 13.0 Å². The van der Waals surface area contributed by atoms with Crippen LogP contribution in [0.25, 0.3) is 0 Å². The number of nitrogens with one attached hydrogen (secondary N) is 1. The second-order valence-electron chi connectivity index (χ2n) is 3.75. The van der Waals surface area contributed by atoms with Crippen LogP contribution in [0.2, 0.25) is 0 Å². The number of methoxy groups -OCH3 is 2. The molecule has 0 aliphatic heterocycles. The van der Waals surface area contributed by atoms with Crippen LogP contribution in [0, 0.1) is 0 Å². The minimum absolute atomic E-state index is 0.228. The number of hydrogen-bond donors (Lipinski definition) is 1. The monoisotopic (exact) mass is 223 g/mol. The number of benzene rings is 1. The van der Waals surface area contributed by atoms with Gasteiger partial charge in [0.25, 0.3) is 0 Å². The van der Waals surface area contributed by atoms with Crippen molar-refractivity contribution in [3.05, 3.63) is 23.8 Å². The van der Waals surface area contributed by atoms with Crippen LogP contribution in [0.15, 0.2) is 18.2 Å². The molecule has 1 aromatic rings. The van der Waals surface area contributed by atoms with Crippen LogP contribution in [0.5, 0.6) is 11.5 Å². The number of ether oxygens (including phenoxy) is 2. The highest BCUT2D eigenvalue weighted by Gasteiger charge is 2.15. The summed E-state index contributed by atoms with van der Waals surface area (Å²) in [5, 5.41) is 3.44. The second-order valence-corrected chi connectivity index (χ2v) is 3.75. The lowest BCUT2D eigenvalue weighted by molar-refractivity contribution is 0.374. The molecule has 90 valence electrons. The van der Waals surface area contributed by atoms with Gasteiger partial charge >= 0.3 is 0 Å². The average Bonchev–Trinajstić information content (AvgIpc) is 2.34. The normalized spacial score (nSPS) is 12.2. The molecule has 0 saturated heterocycles. The topological polar surface area (TPSA) is 30.5 Å². The van der Waals surface area contributed by atoms with Crippen molar-refractivity contribution in [3.8, 4) is 11.5 Å². The molecule has 0 spiro atoms. The molecule has 0 saturated carbocycles. The highest BCUT2D eigenvalue weighted by Crippen LogP contribution is 2.33. The molecule has 1 N–H and O–H groups in total. The van der Waals surface area contributed by atoms with Crippen LogP contribution in [-0.4, -0.2) is 20.8 Å². The Bertz CT molecular complexity index is 303. The van der Waals surface area contributed by atoms with E-state index in [0.717, 1.165) is 30.0 Å². The van der Waals surface area contributed by atoms with E-state index in [0.29, 0.717) is 0 Å². The Kier molecular flexibility index (Phi) is 5.12. The van der Waals surface area contributed by atoms with Crippen molar-refractivity contribution < 1.29 is 9.47 Å². The molecule has 1 unspecified atom stereocenters. The lowest BCUT2D eigenvalue weighted by atomic mass is 10.1. The van der Waals surface area contributed by atoms with Gasteiger partial charge < -0.3 is 14.8 Å². The van der Waals surface area contributed by atoms with Crippen molar-refractivity contribution in [2.75, 3.05) is 20.8 Å². The van der Waals surface area contributed by atoms with Gasteiger partial charge in [-0.25, -0.2) is 0 Å². The van der Waals surface area contributed by atoms with Crippen LogP contribution < -0.4 is 14.8 Å². The maximum absolute atomic E-state index is 5.37. The molecule has 0 fully saturated rings. The predicted molar refractivity (Wildman–Crippen MR) is 66.3 cm³/mol. The third kappa shape index (κ3) is 2.89. The summed E-state index contributed by atoms with van der Waals surface area (Å²) >= 11 is 0. The molecule has 0 amide bonds. The van der Waals surface area contributed by atoms with E-state index in [1.165, 1.54) is 0 Å². The lowest BCUT2D eigenvalue weighted by Crippen LogP contribution is -2.20. The van der Waals surface area contributed by atoms with Crippen LogP contribution in [0.4, 0.5) is 0 Å². The Hall–Kier alpha value is -1.22. The van der Waals surface area contributed by atoms with E-state index in [9.17, 15) is 0 Å². The molecule has 3 nitrogen and oxygen atoms in total. The Balaban J connectivity index is 2.97. The standard InChI is InChI=1S/C13H21NO2/c1-5-9-14-10(2)13-11(15-3)7-6-8-12(13)16-4/h6-8,10,14H,5,9H2,1-4H3. The van der Waals surface area contributed by atoms with E-state index in [4.69, 9.17) is 9.47 Å². The van der Waals surface area contributed by atoms with Crippen molar-refractivity contribution in [1.29, 1.82) is 0 Å². The summed E-state index contributed by atoms with van der Waals surface area (Å²) in [5.41, 5.74) is 1.08. The van der Waals surface area contributed by atoms with Crippen LogP contribution in [-0.2, 0) is 0 Å². The van der Waals surface area contributed by atoms with Crippen molar-refractivity contribution in [2.24, 2.45) is 0 Å². The van der Waals surface area contributed by atoms with Gasteiger partial charge in [0, 0.05) is 6.04 Å². The fourth-order valence-corrected chi connectivity index (χ4v) is 1.77. The van der Waals surface area contributed by atoms with Gasteiger partial charge in [0.1, 0.15) is 11.5 Å². The van der Waals surface area contributed by atoms with Crippen LogP contribution in [0.3, 0.4) is 0 Å². The first-order valence-electron chi connectivity index (χ1n) is 5.68. The summed E-state index contributed by atoms with van der Waals surface area (Å²) in [7, 11) is 3.37. The average molecular weight is 223 g/mol. The van der Waals surface area contributed by atoms with Crippen molar-refractivity contribution >= 4 is 0 Å². The fourth-order valence-electron chi connectivity index (χ4n) is 1.77. The molecule has 1 atom stereocenters. The van der Waals surface area contributed by atoms with Gasteiger partial charge in [-0.15, -0.1) is 0 Å². The zero-order chi connectivity index (χ0) is 12.0. The van der Waals surface area contributed by atoms with Gasteiger partial charge in [0.15, 0.2) is 0 Å². The van der Waals surface area contributed by atoms with E-state index < -0.39 is 0 Å². The van der Waals surface area contributed by atoms with Gasteiger partial charge in [0.2, 0.25) is 0 Å². The first-order valence-corrected chi connectivity index (χ1v) is 5.68. The van der Waals surface area contributed by atoms with Gasteiger partial charge in [-0.05, 0) is 32.0 Å². The van der Waals surface area contributed by atoms with Crippen LogP contribution >= 0.6 is 0 Å². The third-order valence-electron chi connectivity index (χ3n) is 2.60. The molecule has 1 aromatic carbocycles. The lowest BCUT2D eigenvalue weighted by Gasteiger charge is -2.19. The van der Waals surface area contributed by atoms with Crippen molar-refractivity contribution in [2.45, 2.75) is 26.3 Å². The number of rotatable bonds is 6. The van der Waals surface area contributed by atoms with Crippen LogP contribution in [0.1, 0.15) is 31.9 Å². The Morgan fingerprint density at radius 3 is 2.19 bits per heavy atom. The summed E-state index contributed by atoms with van der Waals surface area (Å²) < 4.78 is 10.7. The quantitative estimate of drug-likeness (QED) is 0.804. The molecule has 0 aliphatic carbocycles. The maximum Gasteiger partial charge on any atom is 0.127 e. The maximum atomic E-state index is 5.37. The first-order chi connectivity index (χ1) is 7.74. The third-order valence-corrected chi connectivity index (χ3v) is 2.60. The van der Waals surface area contributed by atoms with Gasteiger partial charge in [0.05, 0.1) is 19.8 Å². The van der Waals surface area contributed by atoms with Gasteiger partial charge in [-0.3, -0.25) is 0 Å². The molecule has 3 heteroatoms. The summed E-state index contributed by atoms with van der Waals surface area (Å²) in [4.78, 5) is 0. The Labute approximate surface area is 97.8 Å². The molecule has 0 aromatic heterocycles. The molecule has 1 rings (SSSR count). The van der Waals surface area contributed by atoms with Crippen molar-refractivity contribution in [1.82, 2.24) is 5.32 Å². The molecule has 0 radical (unpaired) electrons. The molecule has 0 heterocycles. The minimum atomic E-state index is 0.228. The Morgan fingerprint density at radius 1 is 1.19 bits per heavy atom. The van der Waals surface area contributed by atoms with Gasteiger partial charge in [-0.2, -0.15) is 0 Å². The second kappa shape index (κ2) is 6.38. The number of hydrogen-bond acceptors (Lipinski definition) is 3. The fraction of sp³-hybridized carbons (Fsp3) is 0.538.